The van der Waals surface area contributed by atoms with Crippen molar-refractivity contribution in [1.29, 1.82) is 0 Å². The summed E-state index contributed by atoms with van der Waals surface area (Å²) in [5.74, 6) is -0.690. The van der Waals surface area contributed by atoms with Crippen LogP contribution in [0.2, 0.25) is 5.02 Å². The van der Waals surface area contributed by atoms with Crippen molar-refractivity contribution in [2.24, 2.45) is 0 Å². The van der Waals surface area contributed by atoms with Crippen molar-refractivity contribution >= 4 is 28.7 Å². The molecule has 0 aliphatic rings. The predicted octanol–water partition coefficient (Wildman–Crippen LogP) is 2.15. The van der Waals surface area contributed by atoms with E-state index in [1.165, 1.54) is 12.1 Å². The number of fused-ring (bicyclic) bond motifs is 1. The molecule has 0 spiro atoms. The van der Waals surface area contributed by atoms with Crippen LogP contribution in [0.3, 0.4) is 0 Å². The number of pyridine rings is 1. The number of H-pyrrole nitrogens is 1. The van der Waals surface area contributed by atoms with Crippen LogP contribution in [0, 0.1) is 5.82 Å². The highest BCUT2D eigenvalue weighted by atomic mass is 35.5. The second kappa shape index (κ2) is 5.31. The minimum atomic E-state index is -0.457. The fourth-order valence-electron chi connectivity index (χ4n) is 2.33. The minimum absolute atomic E-state index is 0.169. The Morgan fingerprint density at radius 3 is 2.86 bits per heavy atom. The molecule has 0 aliphatic carbocycles. The first-order valence-corrected chi connectivity index (χ1v) is 6.89. The first kappa shape index (κ1) is 14.3. The number of aromatic nitrogens is 2. The Hall–Kier alpha value is -2.60. The molecule has 0 unspecified atom stereocenters. The quantitative estimate of drug-likeness (QED) is 0.500. The number of hydrogen-bond acceptors (Lipinski definition) is 2. The lowest BCUT2D eigenvalue weighted by molar-refractivity contribution is -0.510. The summed E-state index contributed by atoms with van der Waals surface area (Å²) in [6.07, 6.45) is 3.30. The largest absolute Gasteiger partial charge is 0.398 e. The normalized spacial score (nSPS) is 10.9. The summed E-state index contributed by atoms with van der Waals surface area (Å²) in [4.78, 5) is 14.6. The molecule has 3 aromatic rings. The van der Waals surface area contributed by atoms with Gasteiger partial charge >= 0.3 is 0 Å². The van der Waals surface area contributed by atoms with Crippen LogP contribution in [-0.4, -0.2) is 17.9 Å². The maximum Gasteiger partial charge on any atom is 0.295 e. The second-order valence-corrected chi connectivity index (χ2v) is 5.14. The van der Waals surface area contributed by atoms with Crippen molar-refractivity contribution in [2.75, 3.05) is 12.8 Å². The van der Waals surface area contributed by atoms with Crippen LogP contribution in [0.25, 0.3) is 16.6 Å². The molecule has 112 valence electrons. The topological polar surface area (TPSA) is 75.0 Å². The molecule has 0 saturated carbocycles. The van der Waals surface area contributed by atoms with Gasteiger partial charge in [-0.25, -0.2) is 13.8 Å². The third-order valence-corrected chi connectivity index (χ3v) is 3.85. The average molecular weight is 320 g/mol. The van der Waals surface area contributed by atoms with Gasteiger partial charge in [0.05, 0.1) is 10.7 Å². The number of nitrogens with zero attached hydrogens (tertiary/aromatic N) is 1. The molecule has 5 nitrogen and oxygen atoms in total. The van der Waals surface area contributed by atoms with E-state index in [2.05, 4.69) is 10.3 Å². The highest BCUT2D eigenvalue weighted by Gasteiger charge is 2.20. The van der Waals surface area contributed by atoms with Gasteiger partial charge in [-0.1, -0.05) is 11.6 Å². The lowest BCUT2D eigenvalue weighted by atomic mass is 10.1. The molecule has 22 heavy (non-hydrogen) atoms. The molecule has 1 aromatic carbocycles. The van der Waals surface area contributed by atoms with Crippen LogP contribution in [0.1, 0.15) is 10.5 Å². The number of halogens is 2. The number of nitrogen functional groups attached to an aromatic ring is 1. The number of carbonyl (C=O) groups excluding carboxylic acids is 1. The molecule has 0 fully saturated rings. The van der Waals surface area contributed by atoms with Gasteiger partial charge in [-0.3, -0.25) is 4.79 Å². The van der Waals surface area contributed by atoms with Gasteiger partial charge in [0.1, 0.15) is 12.0 Å². The van der Waals surface area contributed by atoms with Crippen molar-refractivity contribution in [2.45, 2.75) is 0 Å². The van der Waals surface area contributed by atoms with Crippen molar-refractivity contribution in [3.63, 3.8) is 0 Å². The fraction of sp³-hybridized carbons (Fsp3) is 0.0667. The zero-order valence-electron chi connectivity index (χ0n) is 11.7. The van der Waals surface area contributed by atoms with E-state index in [0.29, 0.717) is 22.5 Å². The van der Waals surface area contributed by atoms with Crippen molar-refractivity contribution in [3.05, 3.63) is 53.3 Å². The maximum atomic E-state index is 14.1. The number of aromatic amines is 1. The van der Waals surface area contributed by atoms with E-state index >= 15 is 0 Å². The standard InChI is InChI=1S/C15H12ClFN4O/c1-19-15(22)14-11-5-2-8(6-21(11)7-20-14)12-9(17)3-4-10(18)13(12)16/h2-7H,18H2,1H3,(H,19,22)/p+1. The fourth-order valence-corrected chi connectivity index (χ4v) is 2.59. The van der Waals surface area contributed by atoms with Gasteiger partial charge < -0.3 is 11.1 Å². The van der Waals surface area contributed by atoms with Crippen LogP contribution in [0.15, 0.2) is 36.8 Å². The Morgan fingerprint density at radius 2 is 2.14 bits per heavy atom. The monoisotopic (exact) mass is 319 g/mol. The smallest absolute Gasteiger partial charge is 0.295 e. The Kier molecular flexibility index (Phi) is 3.46. The van der Waals surface area contributed by atoms with Crippen molar-refractivity contribution in [3.8, 4) is 11.1 Å². The summed E-state index contributed by atoms with van der Waals surface area (Å²) < 4.78 is 15.8. The number of nitrogens with two attached hydrogens (primary N) is 1. The van der Waals surface area contributed by atoms with E-state index in [4.69, 9.17) is 17.3 Å². The van der Waals surface area contributed by atoms with E-state index in [1.807, 2.05) is 0 Å². The third-order valence-electron chi connectivity index (χ3n) is 3.45. The van der Waals surface area contributed by atoms with Gasteiger partial charge in [-0.15, -0.1) is 0 Å². The Bertz CT molecular complexity index is 891. The van der Waals surface area contributed by atoms with Gasteiger partial charge in [0.25, 0.3) is 5.91 Å². The van der Waals surface area contributed by atoms with Crippen LogP contribution >= 0.6 is 11.6 Å². The summed E-state index contributed by atoms with van der Waals surface area (Å²) in [6.45, 7) is 0. The Morgan fingerprint density at radius 1 is 1.36 bits per heavy atom. The molecule has 1 amide bonds. The van der Waals surface area contributed by atoms with Crippen LogP contribution < -0.4 is 15.5 Å². The molecule has 0 bridgehead atoms. The number of imidazole rings is 1. The number of anilines is 1. The highest BCUT2D eigenvalue weighted by molar-refractivity contribution is 6.35. The molecule has 2 aromatic heterocycles. The van der Waals surface area contributed by atoms with Crippen LogP contribution in [0.5, 0.6) is 0 Å². The minimum Gasteiger partial charge on any atom is -0.398 e. The maximum absolute atomic E-state index is 14.1. The van der Waals surface area contributed by atoms with Gasteiger partial charge in [0.15, 0.2) is 5.52 Å². The third kappa shape index (κ3) is 2.17. The summed E-state index contributed by atoms with van der Waals surface area (Å²) in [5.41, 5.74) is 7.94. The van der Waals surface area contributed by atoms with Gasteiger partial charge in [0.2, 0.25) is 12.0 Å². The van der Waals surface area contributed by atoms with Gasteiger partial charge in [-0.05, 0) is 24.3 Å². The summed E-state index contributed by atoms with van der Waals surface area (Å²) >= 11 is 6.12. The van der Waals surface area contributed by atoms with E-state index in [0.717, 1.165) is 0 Å². The lowest BCUT2D eigenvalue weighted by Gasteiger charge is -2.07. The molecule has 7 heteroatoms. The van der Waals surface area contributed by atoms with Gasteiger partial charge in [0, 0.05) is 18.2 Å². The molecule has 0 radical (unpaired) electrons. The number of rotatable bonds is 2. The van der Waals surface area contributed by atoms with E-state index in [9.17, 15) is 9.18 Å². The zero-order valence-corrected chi connectivity index (χ0v) is 12.4. The van der Waals surface area contributed by atoms with E-state index < -0.39 is 5.82 Å². The first-order chi connectivity index (χ1) is 10.5. The molecular formula is C15H13ClFN4O+. The molecule has 0 saturated heterocycles. The predicted molar refractivity (Wildman–Crippen MR) is 82.2 cm³/mol. The number of amides is 1. The Balaban J connectivity index is 2.19. The Labute approximate surface area is 130 Å². The zero-order chi connectivity index (χ0) is 15.9. The molecular weight excluding hydrogens is 307 g/mol. The summed E-state index contributed by atoms with van der Waals surface area (Å²) in [7, 11) is 1.55. The van der Waals surface area contributed by atoms with Crippen molar-refractivity contribution in [1.82, 2.24) is 10.3 Å². The van der Waals surface area contributed by atoms with E-state index in [1.54, 1.807) is 36.1 Å². The first-order valence-electron chi connectivity index (χ1n) is 6.51. The van der Waals surface area contributed by atoms with Crippen LogP contribution in [-0.2, 0) is 0 Å². The summed E-state index contributed by atoms with van der Waals surface area (Å²) in [5, 5.41) is 2.72. The number of nitrogens with one attached hydrogen (secondary N) is 2. The van der Waals surface area contributed by atoms with Crippen LogP contribution in [0.4, 0.5) is 10.1 Å². The summed E-state index contributed by atoms with van der Waals surface area (Å²) in [6, 6.07) is 6.11. The molecule has 3 rings (SSSR count). The van der Waals surface area contributed by atoms with Crippen molar-refractivity contribution < 1.29 is 13.6 Å². The lowest BCUT2D eigenvalue weighted by Crippen LogP contribution is -2.22. The number of benzene rings is 1. The highest BCUT2D eigenvalue weighted by Crippen LogP contribution is 2.34. The SMILES string of the molecule is CNC(=O)c1[nH]c[n+]2cc(-c3c(F)ccc(N)c3Cl)ccc12. The van der Waals surface area contributed by atoms with Gasteiger partial charge in [-0.2, -0.15) is 0 Å². The second-order valence-electron chi connectivity index (χ2n) is 4.76. The average Bonchev–Trinajstić information content (AvgIpc) is 2.94. The number of hydrogen-bond donors (Lipinski definition) is 3. The molecule has 0 atom stereocenters. The molecule has 4 N–H and O–H groups in total. The molecule has 2 heterocycles. The number of carbonyl (C=O) groups is 1. The van der Waals surface area contributed by atoms with E-state index in [-0.39, 0.29) is 16.5 Å². The molecule has 0 aliphatic heterocycles.